The van der Waals surface area contributed by atoms with Crippen LogP contribution in [0.25, 0.3) is 11.8 Å². The van der Waals surface area contributed by atoms with Gasteiger partial charge < -0.3 is 14.0 Å². The summed E-state index contributed by atoms with van der Waals surface area (Å²) in [6, 6.07) is 16.8. The van der Waals surface area contributed by atoms with Gasteiger partial charge in [-0.25, -0.2) is 4.79 Å². The van der Waals surface area contributed by atoms with Gasteiger partial charge in [0.15, 0.2) is 0 Å². The highest BCUT2D eigenvalue weighted by molar-refractivity contribution is 6.30. The summed E-state index contributed by atoms with van der Waals surface area (Å²) in [5, 5.41) is 0.565. The van der Waals surface area contributed by atoms with Gasteiger partial charge in [-0.3, -0.25) is 9.69 Å². The van der Waals surface area contributed by atoms with Crippen LogP contribution in [-0.4, -0.2) is 29.7 Å². The van der Waals surface area contributed by atoms with Crippen molar-refractivity contribution < 1.29 is 19.1 Å². The normalized spacial score (nSPS) is 14.7. The molecule has 1 aliphatic heterocycles. The Bertz CT molecular complexity index is 1370. The minimum absolute atomic E-state index is 0.213. The van der Waals surface area contributed by atoms with E-state index in [4.69, 9.17) is 21.1 Å². The van der Waals surface area contributed by atoms with Crippen molar-refractivity contribution in [3.63, 3.8) is 0 Å². The monoisotopic (exact) mass is 504 g/mol. The number of ether oxygens (including phenoxy) is 2. The number of aromatic nitrogens is 1. The second-order valence-corrected chi connectivity index (χ2v) is 8.88. The van der Waals surface area contributed by atoms with Crippen molar-refractivity contribution >= 4 is 35.2 Å². The molecule has 36 heavy (non-hydrogen) atoms. The van der Waals surface area contributed by atoms with Crippen LogP contribution in [0.2, 0.25) is 5.02 Å². The molecule has 2 heterocycles. The lowest BCUT2D eigenvalue weighted by atomic mass is 10.0. The Morgan fingerprint density at radius 1 is 0.944 bits per heavy atom. The van der Waals surface area contributed by atoms with E-state index in [0.717, 1.165) is 28.4 Å². The molecule has 2 aromatic carbocycles. The summed E-state index contributed by atoms with van der Waals surface area (Å²) in [5.74, 6) is -0.000261. The predicted octanol–water partition coefficient (Wildman–Crippen LogP) is 6.41. The number of allylic oxidation sites excluding steroid dienone is 1. The van der Waals surface area contributed by atoms with Gasteiger partial charge in [-0.05, 0) is 101 Å². The minimum atomic E-state index is -0.522. The first-order valence-electron chi connectivity index (χ1n) is 11.9. The summed E-state index contributed by atoms with van der Waals surface area (Å²) < 4.78 is 13.0. The quantitative estimate of drug-likeness (QED) is 0.275. The predicted molar refractivity (Wildman–Crippen MR) is 143 cm³/mol. The average molecular weight is 505 g/mol. The van der Waals surface area contributed by atoms with Crippen LogP contribution in [0.1, 0.15) is 37.7 Å². The Morgan fingerprint density at radius 3 is 2.19 bits per heavy atom. The zero-order valence-electron chi connectivity index (χ0n) is 21.1. The molecule has 1 aromatic heterocycles. The molecule has 7 heteroatoms. The van der Waals surface area contributed by atoms with E-state index in [-0.39, 0.29) is 18.1 Å². The van der Waals surface area contributed by atoms with E-state index >= 15 is 0 Å². The minimum Gasteiger partial charge on any atom is -0.494 e. The van der Waals surface area contributed by atoms with Gasteiger partial charge in [-0.2, -0.15) is 0 Å². The third-order valence-electron chi connectivity index (χ3n) is 6.14. The first-order valence-corrected chi connectivity index (χ1v) is 12.3. The van der Waals surface area contributed by atoms with Crippen LogP contribution >= 0.6 is 11.6 Å². The molecule has 0 unspecified atom stereocenters. The lowest BCUT2D eigenvalue weighted by molar-refractivity contribution is -0.138. The number of amides is 1. The largest absolute Gasteiger partial charge is 0.494 e. The molecule has 3 aromatic rings. The number of hydrogen-bond acceptors (Lipinski definition) is 4. The molecule has 0 fully saturated rings. The van der Waals surface area contributed by atoms with Crippen molar-refractivity contribution in [3.8, 4) is 11.4 Å². The molecule has 0 atom stereocenters. The lowest BCUT2D eigenvalue weighted by Crippen LogP contribution is -2.24. The number of halogens is 1. The number of benzene rings is 2. The molecular weight excluding hydrogens is 476 g/mol. The maximum atomic E-state index is 13.7. The lowest BCUT2D eigenvalue weighted by Gasteiger charge is -2.18. The molecule has 6 nitrogen and oxygen atoms in total. The van der Waals surface area contributed by atoms with Crippen LogP contribution in [0.15, 0.2) is 71.4 Å². The molecule has 0 bridgehead atoms. The molecule has 0 spiro atoms. The van der Waals surface area contributed by atoms with Crippen molar-refractivity contribution in [2.24, 2.45) is 0 Å². The number of aryl methyl sites for hydroxylation is 1. The molecule has 1 aliphatic rings. The summed E-state index contributed by atoms with van der Waals surface area (Å²) in [5.41, 5.74) is 5.49. The third-order valence-corrected chi connectivity index (χ3v) is 6.39. The van der Waals surface area contributed by atoms with Crippen molar-refractivity contribution in [1.29, 1.82) is 0 Å². The summed E-state index contributed by atoms with van der Waals surface area (Å²) >= 11 is 6.05. The van der Waals surface area contributed by atoms with E-state index < -0.39 is 5.97 Å². The maximum Gasteiger partial charge on any atom is 0.340 e. The van der Waals surface area contributed by atoms with E-state index in [1.165, 1.54) is 4.90 Å². The molecule has 186 valence electrons. The zero-order valence-corrected chi connectivity index (χ0v) is 21.8. The van der Waals surface area contributed by atoms with Crippen molar-refractivity contribution in [3.05, 3.63) is 93.4 Å². The standard InChI is InChI=1S/C29H29ClN2O4/c1-6-35-25-14-12-23(13-15-25)31-18(3)16-21(19(31)4)17-26-27(29(34)36-7-2)20(5)32(28(26)33)24-10-8-22(30)9-11-24/h8-17H,6-7H2,1-5H3/b26-17-. The molecule has 0 aliphatic carbocycles. The van der Waals surface area contributed by atoms with Crippen LogP contribution in [0.5, 0.6) is 5.75 Å². The molecule has 4 rings (SSSR count). The highest BCUT2D eigenvalue weighted by atomic mass is 35.5. The number of esters is 1. The van der Waals surface area contributed by atoms with Crippen LogP contribution in [0.3, 0.4) is 0 Å². The fourth-order valence-electron chi connectivity index (χ4n) is 4.53. The molecule has 1 amide bonds. The molecule has 0 saturated carbocycles. The molecular formula is C29H29ClN2O4. The van der Waals surface area contributed by atoms with Gasteiger partial charge in [0.25, 0.3) is 5.91 Å². The van der Waals surface area contributed by atoms with E-state index in [2.05, 4.69) is 4.57 Å². The smallest absolute Gasteiger partial charge is 0.340 e. The van der Waals surface area contributed by atoms with Crippen molar-refractivity contribution in [2.75, 3.05) is 18.1 Å². The van der Waals surface area contributed by atoms with Gasteiger partial charge in [0, 0.05) is 33.5 Å². The Balaban J connectivity index is 1.79. The highest BCUT2D eigenvalue weighted by Gasteiger charge is 2.38. The van der Waals surface area contributed by atoms with E-state index in [9.17, 15) is 9.59 Å². The Kier molecular flexibility index (Phi) is 7.36. The van der Waals surface area contributed by atoms with E-state index in [1.54, 1.807) is 44.2 Å². The van der Waals surface area contributed by atoms with Crippen LogP contribution in [0, 0.1) is 13.8 Å². The number of nitrogens with zero attached hydrogens (tertiary/aromatic N) is 2. The van der Waals surface area contributed by atoms with Gasteiger partial charge >= 0.3 is 5.97 Å². The van der Waals surface area contributed by atoms with E-state index in [1.807, 2.05) is 51.1 Å². The first-order chi connectivity index (χ1) is 17.3. The molecule has 0 saturated heterocycles. The van der Waals surface area contributed by atoms with E-state index in [0.29, 0.717) is 28.6 Å². The second-order valence-electron chi connectivity index (χ2n) is 8.44. The summed E-state index contributed by atoms with van der Waals surface area (Å²) in [4.78, 5) is 28.1. The van der Waals surface area contributed by atoms with Gasteiger partial charge in [0.2, 0.25) is 0 Å². The van der Waals surface area contributed by atoms with Gasteiger partial charge in [0.05, 0.1) is 24.4 Å². The summed E-state index contributed by atoms with van der Waals surface area (Å²) in [7, 11) is 0. The molecule has 0 N–H and O–H groups in total. The zero-order chi connectivity index (χ0) is 26.0. The summed E-state index contributed by atoms with van der Waals surface area (Å²) in [6.45, 7) is 10.3. The van der Waals surface area contributed by atoms with Crippen molar-refractivity contribution in [2.45, 2.75) is 34.6 Å². The Labute approximate surface area is 216 Å². The van der Waals surface area contributed by atoms with Gasteiger partial charge in [-0.15, -0.1) is 0 Å². The van der Waals surface area contributed by atoms with Gasteiger partial charge in [0.1, 0.15) is 5.75 Å². The average Bonchev–Trinajstić information content (AvgIpc) is 3.27. The van der Waals surface area contributed by atoms with Gasteiger partial charge in [-0.1, -0.05) is 11.6 Å². The number of carbonyl (C=O) groups is 2. The summed E-state index contributed by atoms with van der Waals surface area (Å²) in [6.07, 6.45) is 1.78. The van der Waals surface area contributed by atoms with Crippen LogP contribution in [-0.2, 0) is 14.3 Å². The number of hydrogen-bond donors (Lipinski definition) is 0. The first kappa shape index (κ1) is 25.3. The van der Waals surface area contributed by atoms with Crippen molar-refractivity contribution in [1.82, 2.24) is 4.57 Å². The number of rotatable bonds is 7. The van der Waals surface area contributed by atoms with Crippen LogP contribution < -0.4 is 9.64 Å². The molecule has 0 radical (unpaired) electrons. The fourth-order valence-corrected chi connectivity index (χ4v) is 4.65. The SMILES string of the molecule is CCOC(=O)C1=C(C)N(c2ccc(Cl)cc2)C(=O)/C1=C\c1cc(C)n(-c2ccc(OCC)cc2)c1C. The number of anilines is 1. The maximum absolute atomic E-state index is 13.7. The Morgan fingerprint density at radius 2 is 1.58 bits per heavy atom. The third kappa shape index (κ3) is 4.69. The topological polar surface area (TPSA) is 60.8 Å². The van der Waals surface area contributed by atoms with Crippen LogP contribution in [0.4, 0.5) is 5.69 Å². The second kappa shape index (κ2) is 10.5. The number of carbonyl (C=O) groups excluding carboxylic acids is 2. The highest BCUT2D eigenvalue weighted by Crippen LogP contribution is 2.37. The fraction of sp³-hybridized carbons (Fsp3) is 0.241. The Hall–Kier alpha value is -3.77.